The molecule has 6 nitrogen and oxygen atoms in total. The average Bonchev–Trinajstić information content (AvgIpc) is 3.28. The van der Waals surface area contributed by atoms with E-state index in [9.17, 15) is 9.18 Å². The molecule has 1 atom stereocenters. The maximum absolute atomic E-state index is 13.8. The second-order valence-electron chi connectivity index (χ2n) is 7.70. The molecule has 2 N–H and O–H groups in total. The van der Waals surface area contributed by atoms with E-state index >= 15 is 0 Å². The van der Waals surface area contributed by atoms with Gasteiger partial charge in [-0.15, -0.1) is 0 Å². The SMILES string of the molecule is CCC(F)C1CCN(CC(=O)Nc2cc3cc(-c4cn[nH]c4)ccc3cn2)CC1. The number of halogens is 1. The number of nitrogens with zero attached hydrogens (tertiary/aromatic N) is 3. The molecule has 2 aromatic heterocycles. The second kappa shape index (κ2) is 8.69. The predicted octanol–water partition coefficient (Wildman–Crippen LogP) is 4.02. The van der Waals surface area contributed by atoms with Crippen LogP contribution >= 0.6 is 0 Å². The Bertz CT molecular complexity index is 967. The van der Waals surface area contributed by atoms with Crippen LogP contribution < -0.4 is 5.32 Å². The number of amides is 1. The standard InChI is InChI=1S/C22H26FN5O/c1-2-20(23)15-5-7-28(8-6-15)14-22(29)27-21-10-18-9-16(19-12-25-26-13-19)3-4-17(18)11-24-21/h3-4,9-13,15,20H,2,5-8,14H2,1H3,(H,25,26)(H,24,27,29). The van der Waals surface area contributed by atoms with Crippen LogP contribution in [-0.4, -0.2) is 51.8 Å². The van der Waals surface area contributed by atoms with E-state index in [1.54, 1.807) is 12.4 Å². The second-order valence-corrected chi connectivity index (χ2v) is 7.70. The van der Waals surface area contributed by atoms with Crippen LogP contribution in [0, 0.1) is 5.92 Å². The highest BCUT2D eigenvalue weighted by Crippen LogP contribution is 2.26. The molecule has 1 unspecified atom stereocenters. The zero-order valence-corrected chi connectivity index (χ0v) is 16.6. The van der Waals surface area contributed by atoms with Crippen LogP contribution in [0.5, 0.6) is 0 Å². The van der Waals surface area contributed by atoms with Crippen molar-refractivity contribution in [3.8, 4) is 11.1 Å². The quantitative estimate of drug-likeness (QED) is 0.661. The Morgan fingerprint density at radius 2 is 2.07 bits per heavy atom. The fourth-order valence-corrected chi connectivity index (χ4v) is 3.99. The number of benzene rings is 1. The number of piperidine rings is 1. The summed E-state index contributed by atoms with van der Waals surface area (Å²) in [6, 6.07) is 7.98. The van der Waals surface area contributed by atoms with Crippen LogP contribution in [0.25, 0.3) is 21.9 Å². The fourth-order valence-electron chi connectivity index (χ4n) is 3.99. The number of fused-ring (bicyclic) bond motifs is 1. The van der Waals surface area contributed by atoms with E-state index in [4.69, 9.17) is 0 Å². The average molecular weight is 395 g/mol. The van der Waals surface area contributed by atoms with Crippen molar-refractivity contribution in [3.63, 3.8) is 0 Å². The van der Waals surface area contributed by atoms with Gasteiger partial charge in [0.25, 0.3) is 0 Å². The van der Waals surface area contributed by atoms with Gasteiger partial charge in [-0.3, -0.25) is 14.8 Å². The van der Waals surface area contributed by atoms with Crippen molar-refractivity contribution < 1.29 is 9.18 Å². The third-order valence-corrected chi connectivity index (χ3v) is 5.72. The highest BCUT2D eigenvalue weighted by Gasteiger charge is 2.26. The first kappa shape index (κ1) is 19.5. The molecule has 0 radical (unpaired) electrons. The first-order chi connectivity index (χ1) is 14.1. The van der Waals surface area contributed by atoms with Crippen LogP contribution in [-0.2, 0) is 4.79 Å². The Morgan fingerprint density at radius 1 is 1.24 bits per heavy atom. The lowest BCUT2D eigenvalue weighted by Crippen LogP contribution is -2.41. The van der Waals surface area contributed by atoms with Gasteiger partial charge in [-0.1, -0.05) is 19.1 Å². The summed E-state index contributed by atoms with van der Waals surface area (Å²) in [5.41, 5.74) is 2.06. The van der Waals surface area contributed by atoms with E-state index in [-0.39, 0.29) is 11.8 Å². The molecular formula is C22H26FN5O. The number of nitrogens with one attached hydrogen (secondary N) is 2. The number of hydrogen-bond acceptors (Lipinski definition) is 4. The van der Waals surface area contributed by atoms with Crippen LogP contribution in [0.2, 0.25) is 0 Å². The number of aromatic nitrogens is 3. The number of carbonyl (C=O) groups is 1. The van der Waals surface area contributed by atoms with Crippen molar-refractivity contribution >= 4 is 22.5 Å². The summed E-state index contributed by atoms with van der Waals surface area (Å²) in [6.45, 7) is 3.72. The van der Waals surface area contributed by atoms with E-state index in [2.05, 4.69) is 31.5 Å². The largest absolute Gasteiger partial charge is 0.310 e. The zero-order chi connectivity index (χ0) is 20.2. The molecule has 7 heteroatoms. The van der Waals surface area contributed by atoms with Crippen molar-refractivity contribution in [2.75, 3.05) is 25.0 Å². The monoisotopic (exact) mass is 395 g/mol. The van der Waals surface area contributed by atoms with Gasteiger partial charge >= 0.3 is 0 Å². The van der Waals surface area contributed by atoms with E-state index in [1.807, 2.05) is 31.3 Å². The molecule has 1 amide bonds. The van der Waals surface area contributed by atoms with Crippen LogP contribution in [0.15, 0.2) is 42.9 Å². The van der Waals surface area contributed by atoms with Crippen molar-refractivity contribution in [2.24, 2.45) is 5.92 Å². The summed E-state index contributed by atoms with van der Waals surface area (Å²) >= 11 is 0. The van der Waals surface area contributed by atoms with Gasteiger partial charge in [-0.05, 0) is 61.4 Å². The van der Waals surface area contributed by atoms with Gasteiger partial charge in [-0.2, -0.15) is 5.10 Å². The Hall–Kier alpha value is -2.80. The molecule has 0 aliphatic carbocycles. The Balaban J connectivity index is 1.38. The van der Waals surface area contributed by atoms with Gasteiger partial charge in [0.15, 0.2) is 0 Å². The predicted molar refractivity (Wildman–Crippen MR) is 112 cm³/mol. The molecule has 1 fully saturated rings. The summed E-state index contributed by atoms with van der Waals surface area (Å²) in [5.74, 6) is 0.580. The number of H-pyrrole nitrogens is 1. The van der Waals surface area contributed by atoms with Gasteiger partial charge in [0, 0.05) is 23.3 Å². The van der Waals surface area contributed by atoms with Crippen LogP contribution in [0.3, 0.4) is 0 Å². The van der Waals surface area contributed by atoms with Gasteiger partial charge in [0.1, 0.15) is 12.0 Å². The first-order valence-electron chi connectivity index (χ1n) is 10.2. The topological polar surface area (TPSA) is 73.9 Å². The summed E-state index contributed by atoms with van der Waals surface area (Å²) in [7, 11) is 0. The van der Waals surface area contributed by atoms with Crippen molar-refractivity contribution in [1.29, 1.82) is 0 Å². The summed E-state index contributed by atoms with van der Waals surface area (Å²) in [4.78, 5) is 18.9. The molecule has 152 valence electrons. The lowest BCUT2D eigenvalue weighted by Gasteiger charge is -2.32. The Kier molecular flexibility index (Phi) is 5.85. The molecule has 3 aromatic rings. The van der Waals surface area contributed by atoms with E-state index < -0.39 is 6.17 Å². The summed E-state index contributed by atoms with van der Waals surface area (Å²) in [5, 5.41) is 11.7. The molecule has 1 aromatic carbocycles. The number of aromatic amines is 1. The van der Waals surface area contributed by atoms with E-state index in [0.717, 1.165) is 47.8 Å². The third-order valence-electron chi connectivity index (χ3n) is 5.72. The molecule has 0 bridgehead atoms. The molecule has 0 spiro atoms. The fraction of sp³-hybridized carbons (Fsp3) is 0.409. The summed E-state index contributed by atoms with van der Waals surface area (Å²) in [6.07, 6.45) is 6.86. The van der Waals surface area contributed by atoms with Crippen molar-refractivity contribution in [1.82, 2.24) is 20.1 Å². The minimum Gasteiger partial charge on any atom is -0.310 e. The van der Waals surface area contributed by atoms with Crippen molar-refractivity contribution in [3.05, 3.63) is 42.9 Å². The smallest absolute Gasteiger partial charge is 0.239 e. The minimum atomic E-state index is -0.722. The van der Waals surface area contributed by atoms with Crippen LogP contribution in [0.1, 0.15) is 26.2 Å². The van der Waals surface area contributed by atoms with Gasteiger partial charge in [0.2, 0.25) is 5.91 Å². The number of rotatable bonds is 6. The molecule has 1 aliphatic rings. The molecule has 1 saturated heterocycles. The number of pyridine rings is 1. The Morgan fingerprint density at radius 3 is 2.79 bits per heavy atom. The number of alkyl halides is 1. The highest BCUT2D eigenvalue weighted by molar-refractivity contribution is 5.94. The molecule has 1 aliphatic heterocycles. The number of carbonyl (C=O) groups excluding carboxylic acids is 1. The summed E-state index contributed by atoms with van der Waals surface area (Å²) < 4.78 is 13.8. The lowest BCUT2D eigenvalue weighted by molar-refractivity contribution is -0.117. The third kappa shape index (κ3) is 4.62. The minimum absolute atomic E-state index is 0.0893. The zero-order valence-electron chi connectivity index (χ0n) is 16.6. The van der Waals surface area contributed by atoms with Gasteiger partial charge in [0.05, 0.1) is 12.7 Å². The number of anilines is 1. The first-order valence-corrected chi connectivity index (χ1v) is 10.2. The maximum Gasteiger partial charge on any atom is 0.239 e. The number of likely N-dealkylation sites (tertiary alicyclic amines) is 1. The van der Waals surface area contributed by atoms with Crippen LogP contribution in [0.4, 0.5) is 10.2 Å². The molecule has 4 rings (SSSR count). The molecule has 3 heterocycles. The Labute approximate surface area is 169 Å². The normalized spacial score (nSPS) is 16.8. The van der Waals surface area contributed by atoms with Gasteiger partial charge < -0.3 is 5.32 Å². The van der Waals surface area contributed by atoms with E-state index in [0.29, 0.717) is 18.8 Å². The van der Waals surface area contributed by atoms with Crippen molar-refractivity contribution in [2.45, 2.75) is 32.4 Å². The molecule has 0 saturated carbocycles. The lowest BCUT2D eigenvalue weighted by atomic mass is 9.91. The highest BCUT2D eigenvalue weighted by atomic mass is 19.1. The maximum atomic E-state index is 13.8. The molecule has 29 heavy (non-hydrogen) atoms. The number of hydrogen-bond donors (Lipinski definition) is 2. The van der Waals surface area contributed by atoms with Gasteiger partial charge in [-0.25, -0.2) is 9.37 Å². The molecular weight excluding hydrogens is 369 g/mol. The van der Waals surface area contributed by atoms with E-state index in [1.165, 1.54) is 0 Å².